The molecule has 2 bridgehead atoms. The number of esters is 1. The molecule has 1 aromatic carbocycles. The van der Waals surface area contributed by atoms with Crippen molar-refractivity contribution in [2.45, 2.75) is 159 Å². The maximum Gasteiger partial charge on any atom is 0.329 e. The first-order valence-corrected chi connectivity index (χ1v) is 22.9. The van der Waals surface area contributed by atoms with Gasteiger partial charge >= 0.3 is 5.97 Å². The third kappa shape index (κ3) is 11.5. The van der Waals surface area contributed by atoms with E-state index in [0.717, 1.165) is 11.1 Å². The summed E-state index contributed by atoms with van der Waals surface area (Å²) in [4.78, 5) is 58.4. The minimum absolute atomic E-state index is 0.000421. The first kappa shape index (κ1) is 50.4. The second-order valence-electron chi connectivity index (χ2n) is 18.9. The SMILES string of the molecule is C=CCC1/C=C(\C)CC(C)CC(OC)C2OC(O)(C(=O)C(=O)N3CCCCC3C(=O)OC(C(C)=CC3CCC(O)(c4ccccc4)C(OC)C3)C(C)C(O)CC1=O)C(C)CC2OC. The number of methoxy groups -OCH3 is 3. The van der Waals surface area contributed by atoms with Gasteiger partial charge in [0.2, 0.25) is 5.79 Å². The predicted octanol–water partition coefficient (Wildman–Crippen LogP) is 6.17. The molecule has 1 amide bonds. The fourth-order valence-corrected chi connectivity index (χ4v) is 10.5. The normalized spacial score (nSPS) is 39.3. The number of carbonyl (C=O) groups excluding carboxylic acids is 4. The van der Waals surface area contributed by atoms with Crippen molar-refractivity contribution in [2.75, 3.05) is 27.9 Å². The van der Waals surface area contributed by atoms with E-state index in [4.69, 9.17) is 23.7 Å². The van der Waals surface area contributed by atoms with Gasteiger partial charge in [0.1, 0.15) is 29.6 Å². The molecule has 1 saturated carbocycles. The number of fused-ring (bicyclic) bond motifs is 3. The Hall–Kier alpha value is -3.56. The lowest BCUT2D eigenvalue weighted by molar-refractivity contribution is -0.302. The van der Waals surface area contributed by atoms with Gasteiger partial charge in [-0.15, -0.1) is 6.58 Å². The summed E-state index contributed by atoms with van der Waals surface area (Å²) in [6.45, 7) is 13.2. The minimum atomic E-state index is -2.53. The number of Topliss-reactive ketones (excluding diaryl/α,β-unsaturated/α-hetero) is 2. The molecule has 0 spiro atoms. The Morgan fingerprint density at radius 1 is 0.937 bits per heavy atom. The van der Waals surface area contributed by atoms with Gasteiger partial charge in [-0.05, 0) is 101 Å². The lowest BCUT2D eigenvalue weighted by Crippen LogP contribution is -2.64. The fraction of sp³-hybridized carbons (Fsp3) is 0.680. The van der Waals surface area contributed by atoms with Gasteiger partial charge in [0.15, 0.2) is 0 Å². The van der Waals surface area contributed by atoms with Gasteiger partial charge in [0.05, 0.1) is 24.4 Å². The molecule has 1 aromatic rings. The Morgan fingerprint density at radius 3 is 2.27 bits per heavy atom. The third-order valence-electron chi connectivity index (χ3n) is 14.3. The van der Waals surface area contributed by atoms with Crippen molar-refractivity contribution in [3.63, 3.8) is 0 Å². The summed E-state index contributed by atoms with van der Waals surface area (Å²) >= 11 is 0. The first-order valence-electron chi connectivity index (χ1n) is 22.9. The second-order valence-corrected chi connectivity index (χ2v) is 18.9. The van der Waals surface area contributed by atoms with Crippen LogP contribution in [0.4, 0.5) is 0 Å². The van der Waals surface area contributed by atoms with Crippen molar-refractivity contribution in [3.05, 3.63) is 71.8 Å². The Labute approximate surface area is 374 Å². The van der Waals surface area contributed by atoms with Crippen LogP contribution in [0.1, 0.15) is 111 Å². The molecule has 14 unspecified atom stereocenters. The summed E-state index contributed by atoms with van der Waals surface area (Å²) in [6.07, 6.45) is 4.91. The number of amides is 1. The number of hydrogen-bond donors (Lipinski definition) is 3. The van der Waals surface area contributed by atoms with Gasteiger partial charge in [-0.25, -0.2) is 4.79 Å². The number of carbonyl (C=O) groups is 4. The van der Waals surface area contributed by atoms with E-state index < -0.39 is 89.5 Å². The molecule has 13 heteroatoms. The van der Waals surface area contributed by atoms with Gasteiger partial charge in [-0.1, -0.05) is 74.9 Å². The Bertz CT molecular complexity index is 1810. The summed E-state index contributed by atoms with van der Waals surface area (Å²) in [5.74, 6) is -7.96. The maximum absolute atomic E-state index is 14.5. The molecule has 13 nitrogen and oxygen atoms in total. The van der Waals surface area contributed by atoms with Crippen molar-refractivity contribution in [1.82, 2.24) is 4.90 Å². The zero-order valence-corrected chi connectivity index (χ0v) is 38.7. The van der Waals surface area contributed by atoms with Crippen LogP contribution in [0.2, 0.25) is 0 Å². The Kier molecular flexibility index (Phi) is 17.7. The van der Waals surface area contributed by atoms with Crippen LogP contribution >= 0.6 is 0 Å². The summed E-state index contributed by atoms with van der Waals surface area (Å²) in [6, 6.07) is 8.28. The first-order chi connectivity index (χ1) is 29.9. The summed E-state index contributed by atoms with van der Waals surface area (Å²) < 4.78 is 30.3. The zero-order chi connectivity index (χ0) is 46.2. The van der Waals surface area contributed by atoms with E-state index in [1.165, 1.54) is 19.1 Å². The van der Waals surface area contributed by atoms with Crippen LogP contribution in [0.3, 0.4) is 0 Å². The van der Waals surface area contributed by atoms with Crippen LogP contribution in [0.15, 0.2) is 66.3 Å². The molecular weight excluding hydrogens is 807 g/mol. The van der Waals surface area contributed by atoms with Gasteiger partial charge in [-0.2, -0.15) is 0 Å². The number of aliphatic hydroxyl groups is 3. The van der Waals surface area contributed by atoms with Crippen LogP contribution in [0.25, 0.3) is 0 Å². The monoisotopic (exact) mass is 880 g/mol. The lowest BCUT2D eigenvalue weighted by atomic mass is 9.72. The van der Waals surface area contributed by atoms with Crippen molar-refractivity contribution in [2.24, 2.45) is 29.6 Å². The molecule has 1 aliphatic carbocycles. The van der Waals surface area contributed by atoms with E-state index in [0.29, 0.717) is 56.9 Å². The number of piperidine rings is 1. The number of benzene rings is 1. The van der Waals surface area contributed by atoms with E-state index in [-0.39, 0.29) is 43.4 Å². The molecular formula is C50H73NO12. The average Bonchev–Trinajstić information content (AvgIpc) is 3.27. The molecule has 5 rings (SSSR count). The van der Waals surface area contributed by atoms with Gasteiger partial charge < -0.3 is 43.9 Å². The summed E-state index contributed by atoms with van der Waals surface area (Å²) in [5, 5.41) is 35.8. The second kappa shape index (κ2) is 22.1. The van der Waals surface area contributed by atoms with Gasteiger partial charge in [0.25, 0.3) is 11.7 Å². The molecule has 14 atom stereocenters. The largest absolute Gasteiger partial charge is 0.456 e. The van der Waals surface area contributed by atoms with Crippen molar-refractivity contribution >= 4 is 23.4 Å². The third-order valence-corrected chi connectivity index (χ3v) is 14.3. The number of nitrogens with zero attached hydrogens (tertiary/aromatic N) is 1. The van der Waals surface area contributed by atoms with Gasteiger partial charge in [-0.3, -0.25) is 14.4 Å². The summed E-state index contributed by atoms with van der Waals surface area (Å²) in [7, 11) is 4.63. The molecule has 3 N–H and O–H groups in total. The number of ketones is 2. The quantitative estimate of drug-likeness (QED) is 0.154. The highest BCUT2D eigenvalue weighted by Gasteiger charge is 2.56. The smallest absolute Gasteiger partial charge is 0.329 e. The van der Waals surface area contributed by atoms with E-state index in [1.54, 1.807) is 27.0 Å². The van der Waals surface area contributed by atoms with E-state index >= 15 is 0 Å². The number of hydrogen-bond acceptors (Lipinski definition) is 12. The maximum atomic E-state index is 14.5. The van der Waals surface area contributed by atoms with Crippen LogP contribution in [0, 0.1) is 29.6 Å². The van der Waals surface area contributed by atoms with Crippen molar-refractivity contribution in [3.8, 4) is 0 Å². The van der Waals surface area contributed by atoms with Crippen LogP contribution in [-0.2, 0) is 48.5 Å². The molecule has 4 aliphatic rings. The number of ether oxygens (including phenoxy) is 5. The zero-order valence-electron chi connectivity index (χ0n) is 38.7. The van der Waals surface area contributed by atoms with Crippen LogP contribution in [-0.4, -0.2) is 120 Å². The highest BCUT2D eigenvalue weighted by molar-refractivity contribution is 6.39. The summed E-state index contributed by atoms with van der Waals surface area (Å²) in [5.41, 5.74) is 1.15. The number of allylic oxidation sites excluding steroid dienone is 4. The predicted molar refractivity (Wildman–Crippen MR) is 237 cm³/mol. The Morgan fingerprint density at radius 2 is 1.62 bits per heavy atom. The van der Waals surface area contributed by atoms with E-state index in [1.807, 2.05) is 63.3 Å². The van der Waals surface area contributed by atoms with Crippen LogP contribution in [0.5, 0.6) is 0 Å². The van der Waals surface area contributed by atoms with Crippen LogP contribution < -0.4 is 0 Å². The van der Waals surface area contributed by atoms with Gasteiger partial charge in [0, 0.05) is 52.0 Å². The number of rotatable bonds is 8. The molecule has 3 heterocycles. The molecule has 63 heavy (non-hydrogen) atoms. The highest BCUT2D eigenvalue weighted by Crippen LogP contribution is 2.43. The molecule has 0 aromatic heterocycles. The topological polar surface area (TPSA) is 178 Å². The number of aliphatic hydroxyl groups excluding tert-OH is 1. The molecule has 2 saturated heterocycles. The molecule has 350 valence electrons. The van der Waals surface area contributed by atoms with E-state index in [2.05, 4.69) is 6.58 Å². The molecule has 3 aliphatic heterocycles. The molecule has 0 radical (unpaired) electrons. The molecule has 3 fully saturated rings. The fourth-order valence-electron chi connectivity index (χ4n) is 10.5. The van der Waals surface area contributed by atoms with Crippen molar-refractivity contribution < 1.29 is 58.2 Å². The highest BCUT2D eigenvalue weighted by atomic mass is 16.7. The average molecular weight is 880 g/mol. The van der Waals surface area contributed by atoms with E-state index in [9.17, 15) is 34.5 Å². The standard InChI is InChI=1S/C50H73NO12/c1-10-16-36-24-30(2)23-31(3)25-41(59-7)45-42(60-8)27-33(5)50(58,63-45)46(54)47(55)51-22-15-14-19-38(51)48(56)62-44(34(6)39(52)29-40(36)53)32(4)26-35-20-21-49(57,43(28-35)61-9)37-17-12-11-13-18-37/h10-13,17-18,24,26,31,33-36,38-39,41-45,52,57-58H,1,14-16,19-23,25,27-29H2,2-9H3/b30-24+,32-26?. The Balaban J connectivity index is 1.53. The lowest BCUT2D eigenvalue weighted by Gasteiger charge is -2.47. The number of cyclic esters (lactones) is 1. The van der Waals surface area contributed by atoms with Crippen molar-refractivity contribution in [1.29, 1.82) is 0 Å². The minimum Gasteiger partial charge on any atom is -0.456 e.